The van der Waals surface area contributed by atoms with Gasteiger partial charge in [-0.15, -0.1) is 0 Å². The van der Waals surface area contributed by atoms with Crippen molar-refractivity contribution in [3.63, 3.8) is 0 Å². The molecule has 0 bridgehead atoms. The molecule has 1 saturated carbocycles. The average molecular weight is 188 g/mol. The van der Waals surface area contributed by atoms with Crippen LogP contribution in [0.2, 0.25) is 0 Å². The van der Waals surface area contributed by atoms with Crippen molar-refractivity contribution in [3.05, 3.63) is 0 Å². The zero-order valence-corrected chi connectivity index (χ0v) is 8.12. The van der Waals surface area contributed by atoms with Gasteiger partial charge in [-0.25, -0.2) is 0 Å². The molecule has 0 radical (unpaired) electrons. The summed E-state index contributed by atoms with van der Waals surface area (Å²) in [6.07, 6.45) is 3.64. The van der Waals surface area contributed by atoms with Gasteiger partial charge in [-0.1, -0.05) is 0 Å². The van der Waals surface area contributed by atoms with Crippen molar-refractivity contribution in [3.8, 4) is 0 Å². The molecule has 0 spiro atoms. The van der Waals surface area contributed by atoms with Crippen molar-refractivity contribution in [2.75, 3.05) is 14.2 Å². The Morgan fingerprint density at radius 3 is 2.08 bits per heavy atom. The summed E-state index contributed by atoms with van der Waals surface area (Å²) in [6, 6.07) is 0. The van der Waals surface area contributed by atoms with Crippen LogP contribution in [-0.4, -0.2) is 32.6 Å². The molecule has 0 amide bonds. The van der Waals surface area contributed by atoms with Crippen LogP contribution in [0, 0.1) is 0 Å². The summed E-state index contributed by atoms with van der Waals surface area (Å²) < 4.78 is 8.95. The van der Waals surface area contributed by atoms with Crippen LogP contribution in [0.3, 0.4) is 0 Å². The van der Waals surface area contributed by atoms with Gasteiger partial charge in [0, 0.05) is 20.0 Å². The van der Waals surface area contributed by atoms with Gasteiger partial charge in [0.15, 0.2) is 0 Å². The molecule has 76 valence electrons. The number of Topliss-reactive ketones (excluding diaryl/α,β-unsaturated/α-hetero) is 1. The minimum absolute atomic E-state index is 0.350. The van der Waals surface area contributed by atoms with Gasteiger partial charge < -0.3 is 9.47 Å². The second-order valence-electron chi connectivity index (χ2n) is 2.81. The molecule has 4 heteroatoms. The minimum atomic E-state index is 0.350. The van der Waals surface area contributed by atoms with E-state index in [1.807, 2.05) is 0 Å². The lowest BCUT2D eigenvalue weighted by molar-refractivity contribution is -0.126. The molecule has 4 nitrogen and oxygen atoms in total. The molecule has 0 N–H and O–H groups in total. The highest BCUT2D eigenvalue weighted by molar-refractivity contribution is 5.79. The van der Waals surface area contributed by atoms with E-state index in [9.17, 15) is 4.79 Å². The zero-order chi connectivity index (χ0) is 10.1. The highest BCUT2D eigenvalue weighted by atomic mass is 16.5. The Morgan fingerprint density at radius 2 is 1.77 bits per heavy atom. The third kappa shape index (κ3) is 6.28. The van der Waals surface area contributed by atoms with Gasteiger partial charge in [-0.05, 0) is 12.8 Å². The fourth-order valence-corrected chi connectivity index (χ4v) is 1.15. The molecule has 1 aliphatic carbocycles. The number of ether oxygens (including phenoxy) is 2. The number of ketones is 1. The lowest BCUT2D eigenvalue weighted by Crippen LogP contribution is -2.19. The van der Waals surface area contributed by atoms with Crippen molar-refractivity contribution in [2.24, 2.45) is 0 Å². The van der Waals surface area contributed by atoms with E-state index in [-0.39, 0.29) is 0 Å². The van der Waals surface area contributed by atoms with E-state index in [1.165, 1.54) is 7.11 Å². The molecule has 0 atom stereocenters. The van der Waals surface area contributed by atoms with Gasteiger partial charge in [-0.2, -0.15) is 0 Å². The first kappa shape index (κ1) is 12.1. The molecular weight excluding hydrogens is 172 g/mol. The lowest BCUT2D eigenvalue weighted by Gasteiger charge is -2.18. The molecule has 0 aliphatic heterocycles. The maximum absolute atomic E-state index is 10.7. The molecule has 0 unspecified atom stereocenters. The SMILES string of the molecule is COC1CCC(=O)CC1.COC=O. The van der Waals surface area contributed by atoms with Crippen molar-refractivity contribution < 1.29 is 19.1 Å². The molecule has 1 rings (SSSR count). The van der Waals surface area contributed by atoms with E-state index in [0.29, 0.717) is 18.4 Å². The van der Waals surface area contributed by atoms with Crippen molar-refractivity contribution in [1.29, 1.82) is 0 Å². The first-order valence-corrected chi connectivity index (χ1v) is 4.25. The van der Waals surface area contributed by atoms with Crippen LogP contribution >= 0.6 is 0 Å². The molecule has 1 aliphatic rings. The predicted octanol–water partition coefficient (Wildman–Crippen LogP) is 0.934. The fraction of sp³-hybridized carbons (Fsp3) is 0.778. The normalized spacial score (nSPS) is 17.2. The number of hydrogen-bond acceptors (Lipinski definition) is 4. The van der Waals surface area contributed by atoms with Gasteiger partial charge >= 0.3 is 0 Å². The second-order valence-corrected chi connectivity index (χ2v) is 2.81. The molecule has 0 aromatic carbocycles. The molecule has 0 aromatic rings. The number of rotatable bonds is 2. The minimum Gasteiger partial charge on any atom is -0.471 e. The number of carbonyl (C=O) groups excluding carboxylic acids is 2. The Kier molecular flexibility index (Phi) is 7.20. The van der Waals surface area contributed by atoms with Gasteiger partial charge in [0.25, 0.3) is 6.47 Å². The van der Waals surface area contributed by atoms with Crippen LogP contribution in [0.15, 0.2) is 0 Å². The largest absolute Gasteiger partial charge is 0.471 e. The molecule has 13 heavy (non-hydrogen) atoms. The van der Waals surface area contributed by atoms with Gasteiger partial charge in [0.2, 0.25) is 0 Å². The first-order valence-electron chi connectivity index (χ1n) is 4.25. The van der Waals surface area contributed by atoms with E-state index in [1.54, 1.807) is 7.11 Å². The maximum atomic E-state index is 10.7. The Balaban J connectivity index is 0.000000310. The maximum Gasteiger partial charge on any atom is 0.292 e. The van der Waals surface area contributed by atoms with Gasteiger partial charge in [0.05, 0.1) is 13.2 Å². The second kappa shape index (κ2) is 7.73. The Labute approximate surface area is 78.2 Å². The van der Waals surface area contributed by atoms with E-state index in [2.05, 4.69) is 4.74 Å². The highest BCUT2D eigenvalue weighted by Gasteiger charge is 2.17. The van der Waals surface area contributed by atoms with Crippen LogP contribution in [0.1, 0.15) is 25.7 Å². The number of hydrogen-bond donors (Lipinski definition) is 0. The molecule has 0 saturated heterocycles. The first-order chi connectivity index (χ1) is 6.24. The van der Waals surface area contributed by atoms with Crippen LogP contribution < -0.4 is 0 Å². The van der Waals surface area contributed by atoms with Gasteiger partial charge in [0.1, 0.15) is 5.78 Å². The third-order valence-electron chi connectivity index (χ3n) is 1.92. The Morgan fingerprint density at radius 1 is 1.31 bits per heavy atom. The lowest BCUT2D eigenvalue weighted by atomic mass is 9.97. The van der Waals surface area contributed by atoms with Crippen LogP contribution in [-0.2, 0) is 19.1 Å². The topological polar surface area (TPSA) is 52.6 Å². The standard InChI is InChI=1S/C7H12O2.C2H4O2/c1-9-7-4-2-6(8)3-5-7;1-4-2-3/h7H,2-5H2,1H3;2H,1H3. The van der Waals surface area contributed by atoms with Crippen molar-refractivity contribution in [2.45, 2.75) is 31.8 Å². The smallest absolute Gasteiger partial charge is 0.292 e. The fourth-order valence-electron chi connectivity index (χ4n) is 1.15. The Hall–Kier alpha value is -0.900. The van der Waals surface area contributed by atoms with Crippen LogP contribution in [0.25, 0.3) is 0 Å². The zero-order valence-electron chi connectivity index (χ0n) is 8.12. The monoisotopic (exact) mass is 188 g/mol. The summed E-state index contributed by atoms with van der Waals surface area (Å²) in [7, 11) is 3.02. The summed E-state index contributed by atoms with van der Waals surface area (Å²) >= 11 is 0. The molecule has 0 heterocycles. The van der Waals surface area contributed by atoms with E-state index >= 15 is 0 Å². The quantitative estimate of drug-likeness (QED) is 0.605. The summed E-state index contributed by atoms with van der Waals surface area (Å²) in [5.41, 5.74) is 0. The van der Waals surface area contributed by atoms with Crippen molar-refractivity contribution in [1.82, 2.24) is 0 Å². The molecule has 1 fully saturated rings. The van der Waals surface area contributed by atoms with Crippen LogP contribution in [0.4, 0.5) is 0 Å². The summed E-state index contributed by atoms with van der Waals surface area (Å²) in [6.45, 7) is 0.375. The number of carbonyl (C=O) groups is 2. The third-order valence-corrected chi connectivity index (χ3v) is 1.92. The number of methoxy groups -OCH3 is 2. The Bertz CT molecular complexity index is 146. The summed E-state index contributed by atoms with van der Waals surface area (Å²) in [4.78, 5) is 19.6. The molecular formula is C9H16O4. The molecule has 0 aromatic heterocycles. The van der Waals surface area contributed by atoms with E-state index < -0.39 is 0 Å². The highest BCUT2D eigenvalue weighted by Crippen LogP contribution is 2.16. The summed E-state index contributed by atoms with van der Waals surface area (Å²) in [5, 5.41) is 0. The van der Waals surface area contributed by atoms with Crippen molar-refractivity contribution >= 4 is 12.3 Å². The average Bonchev–Trinajstić information content (AvgIpc) is 2.19. The van der Waals surface area contributed by atoms with Gasteiger partial charge in [-0.3, -0.25) is 9.59 Å². The van der Waals surface area contributed by atoms with Crippen LogP contribution in [0.5, 0.6) is 0 Å². The van der Waals surface area contributed by atoms with E-state index in [4.69, 9.17) is 9.53 Å². The van der Waals surface area contributed by atoms with E-state index in [0.717, 1.165) is 25.7 Å². The predicted molar refractivity (Wildman–Crippen MR) is 47.3 cm³/mol. The summed E-state index contributed by atoms with van der Waals surface area (Å²) in [5.74, 6) is 0.392.